The zero-order valence-corrected chi connectivity index (χ0v) is 12.9. The molecule has 0 aliphatic heterocycles. The van der Waals surface area contributed by atoms with E-state index in [-0.39, 0.29) is 5.41 Å². The van der Waals surface area contributed by atoms with Crippen LogP contribution in [0.25, 0.3) is 6.08 Å². The van der Waals surface area contributed by atoms with Crippen LogP contribution < -0.4 is 0 Å². The number of allylic oxidation sites excluding steroid dienone is 1. The maximum atomic E-state index is 5.33. The van der Waals surface area contributed by atoms with Crippen molar-refractivity contribution in [2.75, 3.05) is 13.2 Å². The van der Waals surface area contributed by atoms with Crippen LogP contribution in [0.2, 0.25) is 0 Å². The summed E-state index contributed by atoms with van der Waals surface area (Å²) in [5.74, 6) is 0. The standard InChI is InChI=1S/C18H28O/c1-5-19-14-9-7-6-8-11-16-12-10-13-17(15-16)18(2,3)4/h8,10-13,15H,5-7,9,14H2,1-4H3/b11-8+. The third-order valence-corrected chi connectivity index (χ3v) is 3.18. The highest BCUT2D eigenvalue weighted by atomic mass is 16.5. The van der Waals surface area contributed by atoms with Gasteiger partial charge in [-0.25, -0.2) is 0 Å². The lowest BCUT2D eigenvalue weighted by molar-refractivity contribution is 0.143. The highest BCUT2D eigenvalue weighted by molar-refractivity contribution is 5.51. The summed E-state index contributed by atoms with van der Waals surface area (Å²) in [5, 5.41) is 0. The number of rotatable bonds is 7. The minimum Gasteiger partial charge on any atom is -0.382 e. The Labute approximate surface area is 118 Å². The van der Waals surface area contributed by atoms with Crippen molar-refractivity contribution in [1.29, 1.82) is 0 Å². The second-order valence-corrected chi connectivity index (χ2v) is 5.97. The molecular formula is C18H28O. The molecule has 0 bridgehead atoms. The van der Waals surface area contributed by atoms with Crippen molar-refractivity contribution < 1.29 is 4.74 Å². The molecule has 1 rings (SSSR count). The quantitative estimate of drug-likeness (QED) is 0.612. The van der Waals surface area contributed by atoms with E-state index < -0.39 is 0 Å². The Balaban J connectivity index is 2.40. The van der Waals surface area contributed by atoms with E-state index in [1.165, 1.54) is 17.5 Å². The monoisotopic (exact) mass is 260 g/mol. The number of unbranched alkanes of at least 4 members (excludes halogenated alkanes) is 2. The highest BCUT2D eigenvalue weighted by Gasteiger charge is 2.12. The lowest BCUT2D eigenvalue weighted by atomic mass is 9.86. The van der Waals surface area contributed by atoms with Gasteiger partial charge in [0, 0.05) is 13.2 Å². The number of hydrogen-bond acceptors (Lipinski definition) is 1. The third kappa shape index (κ3) is 6.58. The van der Waals surface area contributed by atoms with Gasteiger partial charge < -0.3 is 4.74 Å². The Morgan fingerprint density at radius 2 is 1.95 bits per heavy atom. The summed E-state index contributed by atoms with van der Waals surface area (Å²) in [5.41, 5.74) is 2.92. The molecule has 0 aromatic heterocycles. The normalized spacial score (nSPS) is 12.2. The molecule has 0 aliphatic rings. The van der Waals surface area contributed by atoms with E-state index in [1.807, 2.05) is 6.92 Å². The molecule has 0 saturated heterocycles. The van der Waals surface area contributed by atoms with Crippen molar-refractivity contribution in [3.8, 4) is 0 Å². The fraction of sp³-hybridized carbons (Fsp3) is 0.556. The maximum Gasteiger partial charge on any atom is 0.0466 e. The van der Waals surface area contributed by atoms with Crippen LogP contribution in [-0.4, -0.2) is 13.2 Å². The fourth-order valence-corrected chi connectivity index (χ4v) is 1.94. The van der Waals surface area contributed by atoms with Gasteiger partial charge in [0.2, 0.25) is 0 Å². The lowest BCUT2D eigenvalue weighted by Crippen LogP contribution is -2.10. The van der Waals surface area contributed by atoms with Crippen molar-refractivity contribution in [2.24, 2.45) is 0 Å². The average molecular weight is 260 g/mol. The summed E-state index contributed by atoms with van der Waals surface area (Å²) in [6.07, 6.45) is 7.99. The van der Waals surface area contributed by atoms with Crippen molar-refractivity contribution in [3.63, 3.8) is 0 Å². The predicted molar refractivity (Wildman–Crippen MR) is 84.5 cm³/mol. The molecule has 1 aromatic carbocycles. The van der Waals surface area contributed by atoms with Gasteiger partial charge in [-0.15, -0.1) is 0 Å². The number of ether oxygens (including phenoxy) is 1. The molecule has 0 amide bonds. The minimum atomic E-state index is 0.224. The molecule has 0 fully saturated rings. The Bertz CT molecular complexity index is 385. The van der Waals surface area contributed by atoms with Crippen molar-refractivity contribution in [1.82, 2.24) is 0 Å². The topological polar surface area (TPSA) is 9.23 Å². The molecule has 0 unspecified atom stereocenters. The molecule has 106 valence electrons. The SMILES string of the molecule is CCOCCCC/C=C/c1cccc(C(C)(C)C)c1. The van der Waals surface area contributed by atoms with Crippen molar-refractivity contribution in [3.05, 3.63) is 41.5 Å². The maximum absolute atomic E-state index is 5.33. The van der Waals surface area contributed by atoms with Gasteiger partial charge in [-0.3, -0.25) is 0 Å². The summed E-state index contributed by atoms with van der Waals surface area (Å²) < 4.78 is 5.33. The fourth-order valence-electron chi connectivity index (χ4n) is 1.94. The lowest BCUT2D eigenvalue weighted by Gasteiger charge is -2.19. The van der Waals surface area contributed by atoms with Gasteiger partial charge >= 0.3 is 0 Å². The van der Waals surface area contributed by atoms with Crippen LogP contribution in [0.15, 0.2) is 30.3 Å². The molecule has 1 nitrogen and oxygen atoms in total. The Hall–Kier alpha value is -1.08. The molecule has 0 spiro atoms. The van der Waals surface area contributed by atoms with Crippen molar-refractivity contribution >= 4 is 6.08 Å². The van der Waals surface area contributed by atoms with Crippen LogP contribution in [0.5, 0.6) is 0 Å². The second kappa shape index (κ2) is 8.16. The molecule has 0 radical (unpaired) electrons. The van der Waals surface area contributed by atoms with Gasteiger partial charge in [-0.1, -0.05) is 57.2 Å². The zero-order chi connectivity index (χ0) is 14.1. The first kappa shape index (κ1) is 16.0. The summed E-state index contributed by atoms with van der Waals surface area (Å²) in [4.78, 5) is 0. The van der Waals surface area contributed by atoms with Crippen LogP contribution in [0.3, 0.4) is 0 Å². The summed E-state index contributed by atoms with van der Waals surface area (Å²) >= 11 is 0. The molecule has 0 heterocycles. The van der Waals surface area contributed by atoms with Crippen molar-refractivity contribution in [2.45, 2.75) is 52.4 Å². The molecule has 1 heteroatoms. The van der Waals surface area contributed by atoms with Crippen LogP contribution in [0.1, 0.15) is 58.1 Å². The molecule has 1 aromatic rings. The van der Waals surface area contributed by atoms with Gasteiger partial charge in [-0.2, -0.15) is 0 Å². The average Bonchev–Trinajstić information content (AvgIpc) is 2.37. The van der Waals surface area contributed by atoms with E-state index in [0.29, 0.717) is 0 Å². The largest absolute Gasteiger partial charge is 0.382 e. The molecule has 0 atom stereocenters. The van der Waals surface area contributed by atoms with Gasteiger partial charge in [0.05, 0.1) is 0 Å². The Morgan fingerprint density at radius 3 is 2.63 bits per heavy atom. The zero-order valence-electron chi connectivity index (χ0n) is 12.9. The first-order valence-corrected chi connectivity index (χ1v) is 7.39. The highest BCUT2D eigenvalue weighted by Crippen LogP contribution is 2.23. The molecule has 0 N–H and O–H groups in total. The van der Waals surface area contributed by atoms with E-state index in [0.717, 1.165) is 26.1 Å². The van der Waals surface area contributed by atoms with Gasteiger partial charge in [0.15, 0.2) is 0 Å². The molecule has 19 heavy (non-hydrogen) atoms. The van der Waals surface area contributed by atoms with Crippen LogP contribution in [-0.2, 0) is 10.2 Å². The van der Waals surface area contributed by atoms with Gasteiger partial charge in [-0.05, 0) is 42.7 Å². The Kier molecular flexibility index (Phi) is 6.86. The number of hydrogen-bond donors (Lipinski definition) is 0. The van der Waals surface area contributed by atoms with E-state index >= 15 is 0 Å². The van der Waals surface area contributed by atoms with E-state index in [1.54, 1.807) is 0 Å². The molecular weight excluding hydrogens is 232 g/mol. The van der Waals surface area contributed by atoms with Crippen LogP contribution in [0, 0.1) is 0 Å². The van der Waals surface area contributed by atoms with Gasteiger partial charge in [0.1, 0.15) is 0 Å². The second-order valence-electron chi connectivity index (χ2n) is 5.97. The predicted octanol–water partition coefficient (Wildman–Crippen LogP) is 5.20. The minimum absolute atomic E-state index is 0.224. The third-order valence-electron chi connectivity index (χ3n) is 3.18. The van der Waals surface area contributed by atoms with E-state index in [9.17, 15) is 0 Å². The summed E-state index contributed by atoms with van der Waals surface area (Å²) in [7, 11) is 0. The van der Waals surface area contributed by atoms with E-state index in [2.05, 4.69) is 57.2 Å². The smallest absolute Gasteiger partial charge is 0.0466 e. The first-order valence-electron chi connectivity index (χ1n) is 7.39. The summed E-state index contributed by atoms with van der Waals surface area (Å²) in [6.45, 7) is 10.5. The Morgan fingerprint density at radius 1 is 1.16 bits per heavy atom. The van der Waals surface area contributed by atoms with E-state index in [4.69, 9.17) is 4.74 Å². The van der Waals surface area contributed by atoms with Crippen LogP contribution in [0.4, 0.5) is 0 Å². The molecule has 0 aliphatic carbocycles. The molecule has 0 saturated carbocycles. The first-order chi connectivity index (χ1) is 9.04. The number of benzene rings is 1. The summed E-state index contributed by atoms with van der Waals surface area (Å²) in [6, 6.07) is 8.82. The van der Waals surface area contributed by atoms with Gasteiger partial charge in [0.25, 0.3) is 0 Å². The van der Waals surface area contributed by atoms with Crippen LogP contribution >= 0.6 is 0 Å².